The number of hydrogen-bond donors (Lipinski definition) is 1. The van der Waals surface area contributed by atoms with Crippen molar-refractivity contribution in [1.82, 2.24) is 9.88 Å². The number of nitrogens with one attached hydrogen (secondary N) is 1. The SMILES string of the molecule is Cc1cc(CCNS(=O)(=O)c2c(F)cccc2F)on1. The lowest BCUT2D eigenvalue weighted by molar-refractivity contribution is 0.379. The lowest BCUT2D eigenvalue weighted by Gasteiger charge is -2.07. The van der Waals surface area contributed by atoms with Crippen LogP contribution in [0.15, 0.2) is 33.7 Å². The maximum absolute atomic E-state index is 13.4. The first kappa shape index (κ1) is 14.6. The number of aromatic nitrogens is 1. The van der Waals surface area contributed by atoms with Gasteiger partial charge in [0.1, 0.15) is 17.4 Å². The highest BCUT2D eigenvalue weighted by molar-refractivity contribution is 7.89. The summed E-state index contributed by atoms with van der Waals surface area (Å²) in [6, 6.07) is 4.52. The Morgan fingerprint density at radius 1 is 1.30 bits per heavy atom. The van der Waals surface area contributed by atoms with Crippen LogP contribution in [0.3, 0.4) is 0 Å². The lowest BCUT2D eigenvalue weighted by atomic mass is 10.3. The Bertz CT molecular complexity index is 693. The first-order valence-electron chi connectivity index (χ1n) is 5.76. The predicted octanol–water partition coefficient (Wildman–Crippen LogP) is 1.78. The molecule has 1 aromatic carbocycles. The third kappa shape index (κ3) is 3.20. The molecular formula is C12H12F2N2O3S. The molecular weight excluding hydrogens is 290 g/mol. The monoisotopic (exact) mass is 302 g/mol. The molecule has 1 heterocycles. The molecule has 0 radical (unpaired) electrons. The number of halogens is 2. The highest BCUT2D eigenvalue weighted by atomic mass is 32.2. The molecule has 8 heteroatoms. The molecule has 0 fully saturated rings. The topological polar surface area (TPSA) is 72.2 Å². The summed E-state index contributed by atoms with van der Waals surface area (Å²) >= 11 is 0. The fourth-order valence-corrected chi connectivity index (χ4v) is 2.82. The molecule has 0 saturated heterocycles. The van der Waals surface area contributed by atoms with Crippen molar-refractivity contribution >= 4 is 10.0 Å². The fraction of sp³-hybridized carbons (Fsp3) is 0.250. The summed E-state index contributed by atoms with van der Waals surface area (Å²) in [7, 11) is -4.25. The maximum atomic E-state index is 13.4. The first-order chi connectivity index (χ1) is 9.40. The number of sulfonamides is 1. The molecule has 0 saturated carbocycles. The summed E-state index contributed by atoms with van der Waals surface area (Å²) in [5, 5.41) is 3.65. The van der Waals surface area contributed by atoms with Gasteiger partial charge in [-0.3, -0.25) is 0 Å². The van der Waals surface area contributed by atoms with Crippen molar-refractivity contribution in [3.63, 3.8) is 0 Å². The van der Waals surface area contributed by atoms with E-state index in [0.29, 0.717) is 11.5 Å². The van der Waals surface area contributed by atoms with Gasteiger partial charge in [-0.1, -0.05) is 11.2 Å². The third-order valence-corrected chi connectivity index (χ3v) is 4.04. The summed E-state index contributed by atoms with van der Waals surface area (Å²) in [4.78, 5) is -0.978. The van der Waals surface area contributed by atoms with Crippen molar-refractivity contribution in [1.29, 1.82) is 0 Å². The van der Waals surface area contributed by atoms with Gasteiger partial charge in [0, 0.05) is 19.0 Å². The summed E-state index contributed by atoms with van der Waals surface area (Å²) in [5.74, 6) is -1.78. The maximum Gasteiger partial charge on any atom is 0.246 e. The van der Waals surface area contributed by atoms with E-state index in [0.717, 1.165) is 18.2 Å². The Labute approximate surface area is 114 Å². The third-order valence-electron chi connectivity index (χ3n) is 2.53. The Balaban J connectivity index is 2.08. The Morgan fingerprint density at radius 2 is 1.95 bits per heavy atom. The van der Waals surface area contributed by atoms with Crippen molar-refractivity contribution in [2.45, 2.75) is 18.2 Å². The van der Waals surface area contributed by atoms with Gasteiger partial charge in [0.05, 0.1) is 5.69 Å². The van der Waals surface area contributed by atoms with Crippen LogP contribution in [0.25, 0.3) is 0 Å². The molecule has 2 aromatic rings. The molecule has 108 valence electrons. The molecule has 5 nitrogen and oxygen atoms in total. The van der Waals surface area contributed by atoms with Gasteiger partial charge in [0.2, 0.25) is 10.0 Å². The predicted molar refractivity (Wildman–Crippen MR) is 66.5 cm³/mol. The summed E-state index contributed by atoms with van der Waals surface area (Å²) in [6.45, 7) is 1.68. The van der Waals surface area contributed by atoms with Crippen molar-refractivity contribution in [3.8, 4) is 0 Å². The zero-order valence-electron chi connectivity index (χ0n) is 10.6. The molecule has 1 N–H and O–H groups in total. The van der Waals surface area contributed by atoms with Crippen LogP contribution >= 0.6 is 0 Å². The molecule has 0 atom stereocenters. The van der Waals surface area contributed by atoms with Crippen LogP contribution in [0.5, 0.6) is 0 Å². The van der Waals surface area contributed by atoms with Crippen LogP contribution < -0.4 is 4.72 Å². The molecule has 0 bridgehead atoms. The van der Waals surface area contributed by atoms with E-state index in [9.17, 15) is 17.2 Å². The van der Waals surface area contributed by atoms with Crippen LogP contribution in [0.2, 0.25) is 0 Å². The van der Waals surface area contributed by atoms with Gasteiger partial charge in [-0.05, 0) is 19.1 Å². The van der Waals surface area contributed by atoms with Crippen LogP contribution in [-0.4, -0.2) is 20.1 Å². The molecule has 0 amide bonds. The smallest absolute Gasteiger partial charge is 0.246 e. The van der Waals surface area contributed by atoms with Crippen molar-refractivity contribution < 1.29 is 21.7 Å². The second kappa shape index (κ2) is 5.68. The summed E-state index contributed by atoms with van der Waals surface area (Å²) in [5.41, 5.74) is 0.669. The first-order valence-corrected chi connectivity index (χ1v) is 7.24. The van der Waals surface area contributed by atoms with Crippen LogP contribution in [0.4, 0.5) is 8.78 Å². The van der Waals surface area contributed by atoms with Crippen LogP contribution in [0.1, 0.15) is 11.5 Å². The number of benzene rings is 1. The second-order valence-electron chi connectivity index (χ2n) is 4.13. The van der Waals surface area contributed by atoms with Crippen LogP contribution in [-0.2, 0) is 16.4 Å². The van der Waals surface area contributed by atoms with E-state index in [2.05, 4.69) is 9.88 Å². The average molecular weight is 302 g/mol. The van der Waals surface area contributed by atoms with Crippen molar-refractivity contribution in [2.24, 2.45) is 0 Å². The number of hydrogen-bond acceptors (Lipinski definition) is 4. The largest absolute Gasteiger partial charge is 0.361 e. The van der Waals surface area contributed by atoms with Crippen molar-refractivity contribution in [2.75, 3.05) is 6.54 Å². The van der Waals surface area contributed by atoms with E-state index in [1.165, 1.54) is 0 Å². The zero-order chi connectivity index (χ0) is 14.8. The molecule has 0 unspecified atom stereocenters. The van der Waals surface area contributed by atoms with E-state index in [1.807, 2.05) is 0 Å². The number of rotatable bonds is 5. The van der Waals surface area contributed by atoms with Gasteiger partial charge in [-0.2, -0.15) is 0 Å². The Hall–Kier alpha value is -1.80. The molecule has 0 aliphatic heterocycles. The highest BCUT2D eigenvalue weighted by Gasteiger charge is 2.23. The highest BCUT2D eigenvalue weighted by Crippen LogP contribution is 2.17. The van der Waals surface area contributed by atoms with Gasteiger partial charge in [0.15, 0.2) is 4.90 Å². The Kier molecular flexibility index (Phi) is 4.15. The quantitative estimate of drug-likeness (QED) is 0.914. The van der Waals surface area contributed by atoms with E-state index in [1.54, 1.807) is 13.0 Å². The van der Waals surface area contributed by atoms with E-state index >= 15 is 0 Å². The number of aryl methyl sites for hydroxylation is 1. The average Bonchev–Trinajstić information content (AvgIpc) is 2.74. The molecule has 1 aromatic heterocycles. The van der Waals surface area contributed by atoms with Gasteiger partial charge in [0.25, 0.3) is 0 Å². The molecule has 0 aliphatic carbocycles. The van der Waals surface area contributed by atoms with Crippen LogP contribution in [0, 0.1) is 18.6 Å². The standard InChI is InChI=1S/C12H12F2N2O3S/c1-8-7-9(19-16-8)5-6-15-20(17,18)12-10(13)3-2-4-11(12)14/h2-4,7,15H,5-6H2,1H3. The summed E-state index contributed by atoms with van der Waals surface area (Å²) in [6.07, 6.45) is 0.232. The molecule has 0 aliphatic rings. The Morgan fingerprint density at radius 3 is 2.50 bits per heavy atom. The molecule has 20 heavy (non-hydrogen) atoms. The zero-order valence-corrected chi connectivity index (χ0v) is 11.4. The van der Waals surface area contributed by atoms with E-state index < -0.39 is 26.6 Å². The molecule has 2 rings (SSSR count). The lowest BCUT2D eigenvalue weighted by Crippen LogP contribution is -2.27. The van der Waals surface area contributed by atoms with E-state index in [4.69, 9.17) is 4.52 Å². The second-order valence-corrected chi connectivity index (χ2v) is 5.84. The minimum Gasteiger partial charge on any atom is -0.361 e. The minimum absolute atomic E-state index is 0.0509. The van der Waals surface area contributed by atoms with Gasteiger partial charge >= 0.3 is 0 Å². The van der Waals surface area contributed by atoms with Gasteiger partial charge in [-0.15, -0.1) is 0 Å². The summed E-state index contributed by atoms with van der Waals surface area (Å²) < 4.78 is 57.5. The normalized spacial score (nSPS) is 11.8. The van der Waals surface area contributed by atoms with Gasteiger partial charge in [-0.25, -0.2) is 21.9 Å². The van der Waals surface area contributed by atoms with Gasteiger partial charge < -0.3 is 4.52 Å². The molecule has 0 spiro atoms. The minimum atomic E-state index is -4.25. The number of nitrogens with zero attached hydrogens (tertiary/aromatic N) is 1. The van der Waals surface area contributed by atoms with Crippen molar-refractivity contribution in [3.05, 3.63) is 47.4 Å². The van der Waals surface area contributed by atoms with E-state index in [-0.39, 0.29) is 13.0 Å². The fourth-order valence-electron chi connectivity index (χ4n) is 1.65.